The molecule has 0 spiro atoms. The molecule has 4 aromatic carbocycles. The van der Waals surface area contributed by atoms with Crippen molar-refractivity contribution in [1.82, 2.24) is 24.6 Å². The van der Waals surface area contributed by atoms with Crippen molar-refractivity contribution >= 4 is 55.3 Å². The Morgan fingerprint density at radius 1 is 0.944 bits per heavy atom. The van der Waals surface area contributed by atoms with Crippen LogP contribution >= 0.6 is 11.6 Å². The first kappa shape index (κ1) is 37.8. The molecule has 6 aromatic rings. The van der Waals surface area contributed by atoms with E-state index in [0.29, 0.717) is 17.4 Å². The molecule has 1 amide bonds. The second-order valence-electron chi connectivity index (χ2n) is 12.2. The number of hydrogen-bond acceptors (Lipinski definition) is 9. The third-order valence-electron chi connectivity index (χ3n) is 8.62. The average molecular weight is 783 g/mol. The van der Waals surface area contributed by atoms with E-state index in [9.17, 15) is 31.9 Å². The molecule has 0 bridgehead atoms. The van der Waals surface area contributed by atoms with Gasteiger partial charge in [0.2, 0.25) is 10.0 Å². The molecule has 14 nitrogen and oxygen atoms in total. The number of sulfonamides is 1. The van der Waals surface area contributed by atoms with E-state index >= 15 is 0 Å². The molecule has 0 saturated carbocycles. The first-order valence-electron chi connectivity index (χ1n) is 16.0. The molecule has 6 rings (SSSR count). The first-order chi connectivity index (χ1) is 25.6. The fourth-order valence-electron chi connectivity index (χ4n) is 6.27. The standard InChI is InChI=1S/C36H33ClF2N6O8S/c1-43-32-28(11-10-25(37)30(32)34(42-43)44(54(5,49)50)18-19-6-8-23(51-2)9-7-19)45-33(27(41-36(47)48)14-20-12-21(38)15-22(39)13-20)40-26-16-24(52-3)17-29(53-4)31(26)35(45)46/h6-13,15-17,27,41H,14,18H2,1-5H3,(H,47,48)/t27-/m0/s1. The van der Waals surface area contributed by atoms with E-state index in [2.05, 4.69) is 10.4 Å². The summed E-state index contributed by atoms with van der Waals surface area (Å²) in [7, 11) is 1.76. The first-order valence-corrected chi connectivity index (χ1v) is 18.3. The van der Waals surface area contributed by atoms with Gasteiger partial charge < -0.3 is 24.6 Å². The van der Waals surface area contributed by atoms with Gasteiger partial charge in [-0.1, -0.05) is 23.7 Å². The summed E-state index contributed by atoms with van der Waals surface area (Å²) in [5.41, 5.74) is 0.225. The number of rotatable bonds is 12. The minimum Gasteiger partial charge on any atom is -0.497 e. The zero-order valence-electron chi connectivity index (χ0n) is 29.4. The van der Waals surface area contributed by atoms with E-state index in [0.717, 1.165) is 27.3 Å². The molecule has 282 valence electrons. The lowest BCUT2D eigenvalue weighted by molar-refractivity contribution is 0.189. The van der Waals surface area contributed by atoms with Crippen LogP contribution in [0.5, 0.6) is 17.2 Å². The summed E-state index contributed by atoms with van der Waals surface area (Å²) in [4.78, 5) is 31.8. The number of methoxy groups -OCH3 is 3. The number of fused-ring (bicyclic) bond motifs is 2. The van der Waals surface area contributed by atoms with Crippen LogP contribution in [-0.2, 0) is 30.0 Å². The van der Waals surface area contributed by atoms with Crippen molar-refractivity contribution in [3.8, 4) is 22.9 Å². The number of anilines is 1. The third kappa shape index (κ3) is 7.32. The number of aromatic nitrogens is 4. The molecule has 0 aliphatic carbocycles. The molecular weight excluding hydrogens is 750 g/mol. The SMILES string of the molecule is COc1ccc(CN(c2nn(C)c3c(-n4c([C@H](Cc5cc(F)cc(F)c5)NC(=O)O)nc5cc(OC)cc(OC)c5c4=O)ccc(Cl)c23)S(C)(=O)=O)cc1. The maximum Gasteiger partial charge on any atom is 0.405 e. The smallest absolute Gasteiger partial charge is 0.405 e. The summed E-state index contributed by atoms with van der Waals surface area (Å²) in [5.74, 6) is -1.13. The van der Waals surface area contributed by atoms with E-state index in [1.54, 1.807) is 24.3 Å². The van der Waals surface area contributed by atoms with Gasteiger partial charge in [0.15, 0.2) is 5.82 Å². The van der Waals surface area contributed by atoms with Crippen molar-refractivity contribution in [2.24, 2.45) is 7.05 Å². The van der Waals surface area contributed by atoms with Crippen LogP contribution in [0.1, 0.15) is 23.0 Å². The molecule has 0 unspecified atom stereocenters. The van der Waals surface area contributed by atoms with Gasteiger partial charge in [0.05, 0.1) is 67.3 Å². The molecule has 0 aliphatic heterocycles. The predicted octanol–water partition coefficient (Wildman–Crippen LogP) is 5.75. The molecule has 0 fully saturated rings. The quantitative estimate of drug-likeness (QED) is 0.156. The van der Waals surface area contributed by atoms with E-state index in [1.807, 2.05) is 0 Å². The van der Waals surface area contributed by atoms with Crippen LogP contribution in [0.4, 0.5) is 19.4 Å². The Hall–Kier alpha value is -5.94. The number of nitrogens with one attached hydrogen (secondary N) is 1. The number of amides is 1. The van der Waals surface area contributed by atoms with Crippen molar-refractivity contribution in [2.45, 2.75) is 19.0 Å². The highest BCUT2D eigenvalue weighted by Gasteiger charge is 2.31. The Morgan fingerprint density at radius 3 is 2.20 bits per heavy atom. The Bertz CT molecular complexity index is 2580. The third-order valence-corrected chi connectivity index (χ3v) is 10.0. The molecule has 0 aliphatic rings. The molecule has 54 heavy (non-hydrogen) atoms. The van der Waals surface area contributed by atoms with Crippen LogP contribution in [0.25, 0.3) is 27.5 Å². The van der Waals surface area contributed by atoms with Gasteiger partial charge in [-0.15, -0.1) is 0 Å². The molecule has 0 saturated heterocycles. The van der Waals surface area contributed by atoms with Crippen LogP contribution in [0.2, 0.25) is 5.02 Å². The summed E-state index contributed by atoms with van der Waals surface area (Å²) >= 11 is 6.81. The van der Waals surface area contributed by atoms with E-state index in [-0.39, 0.29) is 74.2 Å². The summed E-state index contributed by atoms with van der Waals surface area (Å²) in [6.07, 6.45) is -0.855. The fourth-order valence-corrected chi connectivity index (χ4v) is 7.34. The van der Waals surface area contributed by atoms with E-state index < -0.39 is 39.4 Å². The average Bonchev–Trinajstić information content (AvgIpc) is 3.46. The van der Waals surface area contributed by atoms with Crippen LogP contribution in [0.3, 0.4) is 0 Å². The van der Waals surface area contributed by atoms with Gasteiger partial charge in [0.25, 0.3) is 5.56 Å². The van der Waals surface area contributed by atoms with Crippen molar-refractivity contribution in [1.29, 1.82) is 0 Å². The maximum atomic E-state index is 14.8. The van der Waals surface area contributed by atoms with Gasteiger partial charge in [-0.25, -0.2) is 31.3 Å². The topological polar surface area (TPSA) is 167 Å². The van der Waals surface area contributed by atoms with Gasteiger partial charge in [-0.3, -0.25) is 14.0 Å². The number of hydrogen-bond donors (Lipinski definition) is 2. The summed E-state index contributed by atoms with van der Waals surface area (Å²) in [5, 5.41) is 17.1. The van der Waals surface area contributed by atoms with Gasteiger partial charge in [0.1, 0.15) is 40.1 Å². The van der Waals surface area contributed by atoms with Crippen molar-refractivity contribution in [2.75, 3.05) is 31.9 Å². The molecular formula is C36H33ClF2N6O8S. The Labute approximate surface area is 312 Å². The minimum absolute atomic E-state index is 0.0179. The van der Waals surface area contributed by atoms with Gasteiger partial charge in [-0.05, 0) is 47.5 Å². The van der Waals surface area contributed by atoms with Crippen LogP contribution in [0, 0.1) is 11.6 Å². The lowest BCUT2D eigenvalue weighted by atomic mass is 10.0. The van der Waals surface area contributed by atoms with Crippen LogP contribution in [-0.4, -0.2) is 66.5 Å². The van der Waals surface area contributed by atoms with Crippen molar-refractivity contribution in [3.63, 3.8) is 0 Å². The number of nitrogens with zero attached hydrogens (tertiary/aromatic N) is 5. The molecule has 2 aromatic heterocycles. The van der Waals surface area contributed by atoms with Crippen molar-refractivity contribution < 1.29 is 41.3 Å². The number of halogens is 3. The zero-order valence-corrected chi connectivity index (χ0v) is 31.0. The Morgan fingerprint density at radius 2 is 1.61 bits per heavy atom. The second-order valence-corrected chi connectivity index (χ2v) is 14.5. The summed E-state index contributed by atoms with van der Waals surface area (Å²) < 4.78 is 75.2. The summed E-state index contributed by atoms with van der Waals surface area (Å²) in [6.45, 7) is -0.147. The molecule has 18 heteroatoms. The highest BCUT2D eigenvalue weighted by Crippen LogP contribution is 2.39. The number of carboxylic acid groups (broad SMARTS) is 1. The highest BCUT2D eigenvalue weighted by molar-refractivity contribution is 7.92. The molecule has 1 atom stereocenters. The highest BCUT2D eigenvalue weighted by atomic mass is 35.5. The van der Waals surface area contributed by atoms with Crippen molar-refractivity contribution in [3.05, 3.63) is 111 Å². The van der Waals surface area contributed by atoms with Crippen LogP contribution in [0.15, 0.2) is 71.5 Å². The Balaban J connectivity index is 1.67. The largest absolute Gasteiger partial charge is 0.497 e. The van der Waals surface area contributed by atoms with Gasteiger partial charge in [0, 0.05) is 31.7 Å². The number of benzene rings is 4. The van der Waals surface area contributed by atoms with Gasteiger partial charge in [-0.2, -0.15) is 5.10 Å². The number of aryl methyl sites for hydroxylation is 1. The lowest BCUT2D eigenvalue weighted by Crippen LogP contribution is -2.35. The summed E-state index contributed by atoms with van der Waals surface area (Å²) in [6, 6.07) is 13.9. The minimum atomic E-state index is -4.01. The second kappa shape index (κ2) is 14.8. The molecule has 0 radical (unpaired) electrons. The fraction of sp³-hybridized carbons (Fsp3) is 0.222. The van der Waals surface area contributed by atoms with Crippen LogP contribution < -0.4 is 29.4 Å². The van der Waals surface area contributed by atoms with E-state index in [4.69, 9.17) is 30.8 Å². The Kier molecular flexibility index (Phi) is 10.4. The van der Waals surface area contributed by atoms with E-state index in [1.165, 1.54) is 57.3 Å². The zero-order chi connectivity index (χ0) is 39.1. The predicted molar refractivity (Wildman–Crippen MR) is 198 cm³/mol. The monoisotopic (exact) mass is 782 g/mol. The normalized spacial score (nSPS) is 12.1. The molecule has 2 heterocycles. The lowest BCUT2D eigenvalue weighted by Gasteiger charge is -2.23. The number of ether oxygens (including phenoxy) is 3. The number of carbonyl (C=O) groups is 1. The molecule has 2 N–H and O–H groups in total. The maximum absolute atomic E-state index is 14.8. The van der Waals surface area contributed by atoms with Gasteiger partial charge >= 0.3 is 6.09 Å².